The summed E-state index contributed by atoms with van der Waals surface area (Å²) in [5, 5.41) is 0. The fourth-order valence-electron chi connectivity index (χ4n) is 2.92. The summed E-state index contributed by atoms with van der Waals surface area (Å²) in [6, 6.07) is 8.02. The van der Waals surface area contributed by atoms with Crippen LogP contribution in [0.5, 0.6) is 5.75 Å². The number of methoxy groups -OCH3 is 1. The predicted octanol–water partition coefficient (Wildman–Crippen LogP) is 2.06. The molecule has 24 heavy (non-hydrogen) atoms. The second-order valence-corrected chi connectivity index (χ2v) is 5.89. The van der Waals surface area contributed by atoms with Gasteiger partial charge in [-0.1, -0.05) is 0 Å². The smallest absolute Gasteiger partial charge is 0.257 e. The van der Waals surface area contributed by atoms with E-state index in [0.29, 0.717) is 24.5 Å². The van der Waals surface area contributed by atoms with E-state index >= 15 is 0 Å². The van der Waals surface area contributed by atoms with Gasteiger partial charge in [-0.3, -0.25) is 4.79 Å². The maximum atomic E-state index is 12.7. The van der Waals surface area contributed by atoms with E-state index in [9.17, 15) is 4.79 Å². The van der Waals surface area contributed by atoms with E-state index in [1.165, 1.54) is 0 Å². The van der Waals surface area contributed by atoms with E-state index in [1.54, 1.807) is 13.3 Å². The molecule has 0 unspecified atom stereocenters. The van der Waals surface area contributed by atoms with Crippen LogP contribution in [0.25, 0.3) is 0 Å². The van der Waals surface area contributed by atoms with Crippen LogP contribution < -0.4 is 9.64 Å². The van der Waals surface area contributed by atoms with Crippen LogP contribution in [-0.4, -0.2) is 54.1 Å². The van der Waals surface area contributed by atoms with Crippen molar-refractivity contribution in [3.63, 3.8) is 0 Å². The van der Waals surface area contributed by atoms with Crippen LogP contribution in [-0.2, 0) is 0 Å². The number of benzene rings is 1. The minimum absolute atomic E-state index is 0.0156. The van der Waals surface area contributed by atoms with Gasteiger partial charge in [0, 0.05) is 38.1 Å². The Morgan fingerprint density at radius 2 is 1.75 bits per heavy atom. The van der Waals surface area contributed by atoms with Gasteiger partial charge in [0.25, 0.3) is 5.91 Å². The van der Waals surface area contributed by atoms with Crippen molar-refractivity contribution < 1.29 is 9.53 Å². The Kier molecular flexibility index (Phi) is 4.64. The molecular weight excluding hydrogens is 304 g/mol. The Labute approximate surface area is 142 Å². The van der Waals surface area contributed by atoms with Gasteiger partial charge in [0.2, 0.25) is 0 Å². The summed E-state index contributed by atoms with van der Waals surface area (Å²) >= 11 is 0. The lowest BCUT2D eigenvalue weighted by Gasteiger charge is -2.36. The van der Waals surface area contributed by atoms with Crippen LogP contribution in [0.3, 0.4) is 0 Å². The topological polar surface area (TPSA) is 58.6 Å². The lowest BCUT2D eigenvalue weighted by atomic mass is 10.2. The number of amides is 1. The molecule has 1 aromatic carbocycles. The Morgan fingerprint density at radius 3 is 2.33 bits per heavy atom. The van der Waals surface area contributed by atoms with E-state index in [0.717, 1.165) is 30.2 Å². The van der Waals surface area contributed by atoms with Crippen LogP contribution >= 0.6 is 0 Å². The highest BCUT2D eigenvalue weighted by Crippen LogP contribution is 2.21. The van der Waals surface area contributed by atoms with E-state index in [1.807, 2.05) is 43.0 Å². The van der Waals surface area contributed by atoms with E-state index in [4.69, 9.17) is 4.74 Å². The van der Waals surface area contributed by atoms with Crippen LogP contribution in [0.4, 0.5) is 5.69 Å². The largest absolute Gasteiger partial charge is 0.497 e. The molecule has 6 heteroatoms. The molecule has 0 saturated carbocycles. The van der Waals surface area contributed by atoms with Crippen LogP contribution in [0.15, 0.2) is 30.5 Å². The second kappa shape index (κ2) is 6.86. The summed E-state index contributed by atoms with van der Waals surface area (Å²) in [4.78, 5) is 25.3. The van der Waals surface area contributed by atoms with Gasteiger partial charge < -0.3 is 14.5 Å². The van der Waals surface area contributed by atoms with Crippen LogP contribution in [0.1, 0.15) is 21.9 Å². The summed E-state index contributed by atoms with van der Waals surface area (Å²) in [5.74, 6) is 1.55. The van der Waals surface area contributed by atoms with E-state index in [2.05, 4.69) is 14.9 Å². The molecule has 0 aliphatic carbocycles. The first-order chi connectivity index (χ1) is 11.6. The molecule has 0 radical (unpaired) electrons. The molecule has 1 aliphatic heterocycles. The number of hydrogen-bond donors (Lipinski definition) is 0. The first-order valence-electron chi connectivity index (χ1n) is 8.07. The van der Waals surface area contributed by atoms with Crippen molar-refractivity contribution >= 4 is 11.6 Å². The number of piperazine rings is 1. The lowest BCUT2D eigenvalue weighted by molar-refractivity contribution is 0.0745. The molecule has 1 saturated heterocycles. The van der Waals surface area contributed by atoms with Crippen LogP contribution in [0.2, 0.25) is 0 Å². The van der Waals surface area contributed by atoms with Gasteiger partial charge in [0.15, 0.2) is 0 Å². The number of carbonyl (C=O) groups is 1. The number of aromatic nitrogens is 2. The maximum Gasteiger partial charge on any atom is 0.257 e. The van der Waals surface area contributed by atoms with Gasteiger partial charge in [0.05, 0.1) is 18.4 Å². The van der Waals surface area contributed by atoms with Crippen molar-refractivity contribution in [2.45, 2.75) is 13.8 Å². The number of nitrogens with zero attached hydrogens (tertiary/aromatic N) is 4. The molecular formula is C18H22N4O2. The molecule has 3 rings (SSSR count). The summed E-state index contributed by atoms with van der Waals surface area (Å²) in [6.07, 6.45) is 1.63. The SMILES string of the molecule is COc1ccc(N2CCN(C(=O)c3cnc(C)nc3C)CC2)cc1. The van der Waals surface area contributed by atoms with Gasteiger partial charge in [-0.15, -0.1) is 0 Å². The Hall–Kier alpha value is -2.63. The first kappa shape index (κ1) is 16.2. The molecule has 0 spiro atoms. The zero-order chi connectivity index (χ0) is 17.1. The normalized spacial score (nSPS) is 14.6. The minimum Gasteiger partial charge on any atom is -0.497 e. The quantitative estimate of drug-likeness (QED) is 0.864. The molecule has 6 nitrogen and oxygen atoms in total. The van der Waals surface area contributed by atoms with Crippen LogP contribution in [0, 0.1) is 13.8 Å². The molecule has 1 fully saturated rings. The Bertz CT molecular complexity index is 722. The fourth-order valence-corrected chi connectivity index (χ4v) is 2.92. The zero-order valence-electron chi connectivity index (χ0n) is 14.3. The van der Waals surface area contributed by atoms with Crippen molar-refractivity contribution in [2.75, 3.05) is 38.2 Å². The van der Waals surface area contributed by atoms with E-state index in [-0.39, 0.29) is 5.91 Å². The van der Waals surface area contributed by atoms with Gasteiger partial charge in [0.1, 0.15) is 11.6 Å². The standard InChI is InChI=1S/C18H22N4O2/c1-13-17(12-19-14(2)20-13)18(23)22-10-8-21(9-11-22)15-4-6-16(24-3)7-5-15/h4-7,12H,8-11H2,1-3H3. The molecule has 1 aromatic heterocycles. The highest BCUT2D eigenvalue weighted by molar-refractivity contribution is 5.95. The fraction of sp³-hybridized carbons (Fsp3) is 0.389. The summed E-state index contributed by atoms with van der Waals surface area (Å²) in [5.41, 5.74) is 2.49. The number of anilines is 1. The lowest BCUT2D eigenvalue weighted by Crippen LogP contribution is -2.49. The Morgan fingerprint density at radius 1 is 1.08 bits per heavy atom. The minimum atomic E-state index is 0.0156. The van der Waals surface area contributed by atoms with Crippen molar-refractivity contribution in [3.8, 4) is 5.75 Å². The monoisotopic (exact) mass is 326 g/mol. The van der Waals surface area contributed by atoms with Gasteiger partial charge in [-0.05, 0) is 38.1 Å². The third kappa shape index (κ3) is 3.32. The number of hydrogen-bond acceptors (Lipinski definition) is 5. The molecule has 2 aromatic rings. The third-order valence-electron chi connectivity index (χ3n) is 4.33. The van der Waals surface area contributed by atoms with Gasteiger partial charge in [-0.25, -0.2) is 9.97 Å². The number of rotatable bonds is 3. The average Bonchev–Trinajstić information content (AvgIpc) is 2.61. The van der Waals surface area contributed by atoms with Gasteiger partial charge >= 0.3 is 0 Å². The maximum absolute atomic E-state index is 12.7. The Balaban J connectivity index is 1.64. The molecule has 0 bridgehead atoms. The summed E-state index contributed by atoms with van der Waals surface area (Å²) < 4.78 is 5.19. The highest BCUT2D eigenvalue weighted by atomic mass is 16.5. The number of carbonyl (C=O) groups excluding carboxylic acids is 1. The molecule has 126 valence electrons. The second-order valence-electron chi connectivity index (χ2n) is 5.89. The number of aryl methyl sites for hydroxylation is 2. The zero-order valence-corrected chi connectivity index (χ0v) is 14.3. The van der Waals surface area contributed by atoms with Crippen molar-refractivity contribution in [1.82, 2.24) is 14.9 Å². The molecule has 1 amide bonds. The molecule has 1 aliphatic rings. The molecule has 0 N–H and O–H groups in total. The predicted molar refractivity (Wildman–Crippen MR) is 92.6 cm³/mol. The third-order valence-corrected chi connectivity index (χ3v) is 4.33. The van der Waals surface area contributed by atoms with E-state index < -0.39 is 0 Å². The average molecular weight is 326 g/mol. The van der Waals surface area contributed by atoms with Crippen molar-refractivity contribution in [2.24, 2.45) is 0 Å². The van der Waals surface area contributed by atoms with Crippen molar-refractivity contribution in [1.29, 1.82) is 0 Å². The summed E-state index contributed by atoms with van der Waals surface area (Å²) in [7, 11) is 1.66. The number of ether oxygens (including phenoxy) is 1. The molecule has 2 heterocycles. The molecule has 0 atom stereocenters. The van der Waals surface area contributed by atoms with Gasteiger partial charge in [-0.2, -0.15) is 0 Å². The summed E-state index contributed by atoms with van der Waals surface area (Å²) in [6.45, 7) is 6.69. The van der Waals surface area contributed by atoms with Crippen molar-refractivity contribution in [3.05, 3.63) is 47.5 Å². The first-order valence-corrected chi connectivity index (χ1v) is 8.07. The highest BCUT2D eigenvalue weighted by Gasteiger charge is 2.24.